The molecule has 28 heavy (non-hydrogen) atoms. The van der Waals surface area contributed by atoms with Crippen LogP contribution >= 0.6 is 0 Å². The van der Waals surface area contributed by atoms with E-state index in [0.29, 0.717) is 11.5 Å². The summed E-state index contributed by atoms with van der Waals surface area (Å²) in [6, 6.07) is 18.1. The second-order valence-electron chi connectivity index (χ2n) is 7.06. The molecule has 0 atom stereocenters. The number of nitrogens with zero attached hydrogens (tertiary/aromatic N) is 3. The number of rotatable bonds is 4. The Bertz CT molecular complexity index is 1010. The second kappa shape index (κ2) is 7.80. The zero-order chi connectivity index (χ0) is 19.5. The molecule has 0 bridgehead atoms. The molecular formula is C23H24N4O. The van der Waals surface area contributed by atoms with Crippen LogP contribution in [-0.2, 0) is 19.4 Å². The number of hydrogen-bond donors (Lipinski definition) is 1. The number of hydrogen-bond acceptors (Lipinski definition) is 4. The monoisotopic (exact) mass is 372 g/mol. The van der Waals surface area contributed by atoms with Crippen LogP contribution in [-0.4, -0.2) is 22.4 Å². The highest BCUT2D eigenvalue weighted by Gasteiger charge is 2.20. The van der Waals surface area contributed by atoms with Crippen LogP contribution in [0.2, 0.25) is 0 Å². The van der Waals surface area contributed by atoms with Crippen LogP contribution in [0.4, 0.5) is 11.5 Å². The summed E-state index contributed by atoms with van der Waals surface area (Å²) in [5.74, 6) is 1.20. The predicted molar refractivity (Wildman–Crippen MR) is 112 cm³/mol. The average Bonchev–Trinajstić information content (AvgIpc) is 2.73. The van der Waals surface area contributed by atoms with Crippen molar-refractivity contribution in [2.75, 3.05) is 16.8 Å². The molecule has 1 aliphatic heterocycles. The van der Waals surface area contributed by atoms with Crippen molar-refractivity contribution in [2.45, 2.75) is 33.2 Å². The van der Waals surface area contributed by atoms with Gasteiger partial charge in [0.25, 0.3) is 5.91 Å². The fourth-order valence-electron chi connectivity index (χ4n) is 3.66. The van der Waals surface area contributed by atoms with E-state index in [1.54, 1.807) is 6.07 Å². The standard InChI is InChI=1S/C23H24N4O/c1-3-17-8-6-7-11-20(17)26-23(28)21-14-22(25-16(2)24-21)27-13-12-18-9-4-5-10-19(18)15-27/h4-11,14H,3,12-13,15H2,1-2H3,(H,26,28). The normalized spacial score (nSPS) is 13.1. The molecule has 2 aromatic carbocycles. The topological polar surface area (TPSA) is 58.1 Å². The van der Waals surface area contributed by atoms with Crippen molar-refractivity contribution in [3.8, 4) is 0 Å². The third-order valence-electron chi connectivity index (χ3n) is 5.16. The summed E-state index contributed by atoms with van der Waals surface area (Å²) >= 11 is 0. The van der Waals surface area contributed by atoms with Crippen LogP contribution < -0.4 is 10.2 Å². The molecule has 1 N–H and O–H groups in total. The van der Waals surface area contributed by atoms with E-state index in [0.717, 1.165) is 43.0 Å². The van der Waals surface area contributed by atoms with Gasteiger partial charge in [-0.2, -0.15) is 0 Å². The molecule has 0 unspecified atom stereocenters. The third kappa shape index (κ3) is 3.74. The Hall–Kier alpha value is -3.21. The molecule has 1 aliphatic rings. The Kier molecular flexibility index (Phi) is 5.06. The third-order valence-corrected chi connectivity index (χ3v) is 5.16. The Morgan fingerprint density at radius 3 is 2.64 bits per heavy atom. The first kappa shape index (κ1) is 18.2. The average molecular weight is 372 g/mol. The summed E-state index contributed by atoms with van der Waals surface area (Å²) in [6.45, 7) is 5.59. The van der Waals surface area contributed by atoms with E-state index in [1.165, 1.54) is 11.1 Å². The Morgan fingerprint density at radius 2 is 1.82 bits per heavy atom. The van der Waals surface area contributed by atoms with Crippen LogP contribution in [0, 0.1) is 6.92 Å². The minimum atomic E-state index is -0.204. The van der Waals surface area contributed by atoms with Gasteiger partial charge in [-0.3, -0.25) is 4.79 Å². The van der Waals surface area contributed by atoms with Gasteiger partial charge in [0, 0.05) is 24.8 Å². The number of fused-ring (bicyclic) bond motifs is 1. The predicted octanol–water partition coefficient (Wildman–Crippen LogP) is 4.16. The Morgan fingerprint density at radius 1 is 1.07 bits per heavy atom. The van der Waals surface area contributed by atoms with Gasteiger partial charge in [-0.1, -0.05) is 49.4 Å². The van der Waals surface area contributed by atoms with Crippen molar-refractivity contribution in [1.82, 2.24) is 9.97 Å². The molecule has 142 valence electrons. The number of aromatic nitrogens is 2. The molecule has 1 aromatic heterocycles. The van der Waals surface area contributed by atoms with Crippen molar-refractivity contribution in [1.29, 1.82) is 0 Å². The number of carbonyl (C=O) groups excluding carboxylic acids is 1. The maximum absolute atomic E-state index is 12.8. The van der Waals surface area contributed by atoms with Crippen molar-refractivity contribution in [2.24, 2.45) is 0 Å². The minimum absolute atomic E-state index is 0.204. The van der Waals surface area contributed by atoms with E-state index in [4.69, 9.17) is 0 Å². The second-order valence-corrected chi connectivity index (χ2v) is 7.06. The quantitative estimate of drug-likeness (QED) is 0.747. The van der Waals surface area contributed by atoms with Crippen LogP contribution in [0.1, 0.15) is 39.9 Å². The minimum Gasteiger partial charge on any atom is -0.352 e. The molecule has 1 amide bonds. The lowest BCUT2D eigenvalue weighted by atomic mass is 10.00. The summed E-state index contributed by atoms with van der Waals surface area (Å²) in [4.78, 5) is 24.0. The van der Waals surface area contributed by atoms with Gasteiger partial charge in [0.05, 0.1) is 0 Å². The van der Waals surface area contributed by atoms with E-state index in [2.05, 4.69) is 51.4 Å². The number of carbonyl (C=O) groups is 1. The summed E-state index contributed by atoms with van der Waals surface area (Å²) in [7, 11) is 0. The molecular weight excluding hydrogens is 348 g/mol. The van der Waals surface area contributed by atoms with Crippen molar-refractivity contribution in [3.63, 3.8) is 0 Å². The van der Waals surface area contributed by atoms with Gasteiger partial charge in [0.15, 0.2) is 0 Å². The molecule has 0 saturated heterocycles. The summed E-state index contributed by atoms with van der Waals surface area (Å²) < 4.78 is 0. The summed E-state index contributed by atoms with van der Waals surface area (Å²) in [5, 5.41) is 3.00. The summed E-state index contributed by atoms with van der Waals surface area (Å²) in [6.07, 6.45) is 1.84. The van der Waals surface area contributed by atoms with Crippen LogP contribution in [0.3, 0.4) is 0 Å². The molecule has 0 aliphatic carbocycles. The van der Waals surface area contributed by atoms with Crippen molar-refractivity contribution < 1.29 is 4.79 Å². The highest BCUT2D eigenvalue weighted by Crippen LogP contribution is 2.24. The number of aryl methyl sites for hydroxylation is 2. The van der Waals surface area contributed by atoms with Gasteiger partial charge in [-0.05, 0) is 42.5 Å². The van der Waals surface area contributed by atoms with Crippen LogP contribution in [0.25, 0.3) is 0 Å². The van der Waals surface area contributed by atoms with Crippen LogP contribution in [0.5, 0.6) is 0 Å². The number of nitrogens with one attached hydrogen (secondary N) is 1. The molecule has 2 heterocycles. The molecule has 5 nitrogen and oxygen atoms in total. The van der Waals surface area contributed by atoms with Gasteiger partial charge in [-0.25, -0.2) is 9.97 Å². The SMILES string of the molecule is CCc1ccccc1NC(=O)c1cc(N2CCc3ccccc3C2)nc(C)n1. The lowest BCUT2D eigenvalue weighted by Gasteiger charge is -2.30. The number of amides is 1. The summed E-state index contributed by atoms with van der Waals surface area (Å²) in [5.41, 5.74) is 5.04. The fourth-order valence-corrected chi connectivity index (χ4v) is 3.66. The zero-order valence-corrected chi connectivity index (χ0v) is 16.3. The van der Waals surface area contributed by atoms with Gasteiger partial charge in [0.1, 0.15) is 17.3 Å². The van der Waals surface area contributed by atoms with E-state index >= 15 is 0 Å². The molecule has 0 fully saturated rings. The van der Waals surface area contributed by atoms with E-state index in [1.807, 2.05) is 31.2 Å². The first-order chi connectivity index (χ1) is 13.6. The Balaban J connectivity index is 1.58. The smallest absolute Gasteiger partial charge is 0.274 e. The first-order valence-electron chi connectivity index (χ1n) is 9.70. The highest BCUT2D eigenvalue weighted by atomic mass is 16.1. The lowest BCUT2D eigenvalue weighted by molar-refractivity contribution is 0.102. The molecule has 0 radical (unpaired) electrons. The van der Waals surface area contributed by atoms with Gasteiger partial charge in [-0.15, -0.1) is 0 Å². The maximum atomic E-state index is 12.8. The van der Waals surface area contributed by atoms with Crippen molar-refractivity contribution >= 4 is 17.4 Å². The zero-order valence-electron chi connectivity index (χ0n) is 16.3. The van der Waals surface area contributed by atoms with Gasteiger partial charge in [0.2, 0.25) is 0 Å². The number of anilines is 2. The fraction of sp³-hybridized carbons (Fsp3) is 0.261. The van der Waals surface area contributed by atoms with Crippen molar-refractivity contribution in [3.05, 3.63) is 82.8 Å². The first-order valence-corrected chi connectivity index (χ1v) is 9.70. The van der Waals surface area contributed by atoms with E-state index < -0.39 is 0 Å². The lowest BCUT2D eigenvalue weighted by Crippen LogP contribution is -2.31. The van der Waals surface area contributed by atoms with E-state index in [9.17, 15) is 4.79 Å². The number of benzene rings is 2. The Labute approximate surface area is 165 Å². The molecule has 0 spiro atoms. The van der Waals surface area contributed by atoms with Gasteiger partial charge >= 0.3 is 0 Å². The van der Waals surface area contributed by atoms with Crippen LogP contribution in [0.15, 0.2) is 54.6 Å². The highest BCUT2D eigenvalue weighted by molar-refractivity contribution is 6.03. The largest absolute Gasteiger partial charge is 0.352 e. The van der Waals surface area contributed by atoms with E-state index in [-0.39, 0.29) is 5.91 Å². The molecule has 4 rings (SSSR count). The molecule has 0 saturated carbocycles. The van der Waals surface area contributed by atoms with Gasteiger partial charge < -0.3 is 10.2 Å². The molecule has 3 aromatic rings. The molecule has 5 heteroatoms. The number of para-hydroxylation sites is 1. The maximum Gasteiger partial charge on any atom is 0.274 e.